The molecule has 6 nitrogen and oxygen atoms in total. The molecule has 0 aliphatic carbocycles. The van der Waals surface area contributed by atoms with Crippen molar-refractivity contribution in [2.75, 3.05) is 13.9 Å². The summed E-state index contributed by atoms with van der Waals surface area (Å²) in [5, 5.41) is 9.94. The van der Waals surface area contributed by atoms with Gasteiger partial charge in [-0.25, -0.2) is 4.98 Å². The molecule has 0 N–H and O–H groups in total. The van der Waals surface area contributed by atoms with Crippen molar-refractivity contribution in [2.24, 2.45) is 0 Å². The number of nitriles is 1. The van der Waals surface area contributed by atoms with Crippen LogP contribution in [0.2, 0.25) is 0 Å². The number of benzene rings is 2. The number of aryl methyl sites for hydroxylation is 1. The van der Waals surface area contributed by atoms with Crippen LogP contribution in [-0.4, -0.2) is 18.9 Å². The van der Waals surface area contributed by atoms with Gasteiger partial charge < -0.3 is 18.9 Å². The summed E-state index contributed by atoms with van der Waals surface area (Å²) in [6.07, 6.45) is 0.713. The Labute approximate surface area is 182 Å². The van der Waals surface area contributed by atoms with Gasteiger partial charge in [0.25, 0.3) is 0 Å². The molecule has 29 heavy (non-hydrogen) atoms. The summed E-state index contributed by atoms with van der Waals surface area (Å²) in [6.45, 7) is 2.21. The van der Waals surface area contributed by atoms with Crippen molar-refractivity contribution in [2.45, 2.75) is 13.3 Å². The molecule has 2 heterocycles. The lowest BCUT2D eigenvalue weighted by atomic mass is 10.00. The highest BCUT2D eigenvalue weighted by molar-refractivity contribution is 14.1. The van der Waals surface area contributed by atoms with Crippen molar-refractivity contribution in [1.29, 1.82) is 5.26 Å². The van der Waals surface area contributed by atoms with Gasteiger partial charge in [-0.2, -0.15) is 5.26 Å². The Bertz CT molecular complexity index is 1110. The van der Waals surface area contributed by atoms with Gasteiger partial charge in [0.15, 0.2) is 11.5 Å². The minimum Gasteiger partial charge on any atom is -0.497 e. The van der Waals surface area contributed by atoms with E-state index in [1.54, 1.807) is 25.3 Å². The molecule has 0 unspecified atom stereocenters. The predicted octanol–water partition coefficient (Wildman–Crippen LogP) is 5.32. The number of hydrogen-bond donors (Lipinski definition) is 0. The number of nitrogens with zero attached hydrogens (tertiary/aromatic N) is 2. The minimum atomic E-state index is 0.186. The second-order valence-electron chi connectivity index (χ2n) is 6.24. The van der Waals surface area contributed by atoms with Gasteiger partial charge in [0.05, 0.1) is 12.8 Å². The monoisotopic (exact) mass is 500 g/mol. The van der Waals surface area contributed by atoms with Gasteiger partial charge in [-0.05, 0) is 58.8 Å². The second kappa shape index (κ2) is 8.17. The van der Waals surface area contributed by atoms with Gasteiger partial charge in [-0.15, -0.1) is 0 Å². The molecule has 0 saturated carbocycles. The standard InChI is InChI=1S/C22H17IN2O4/c1-3-17-21(23)20(13-4-6-14(26-2)7-5-13)16(11-24)22(25-17)29-15-8-9-18-19(10-15)28-12-27-18/h4-10H,3,12H2,1-2H3. The van der Waals surface area contributed by atoms with Crippen LogP contribution < -0.4 is 18.9 Å². The van der Waals surface area contributed by atoms with E-state index in [0.29, 0.717) is 29.2 Å². The van der Waals surface area contributed by atoms with Crippen molar-refractivity contribution in [3.05, 3.63) is 57.3 Å². The highest BCUT2D eigenvalue weighted by atomic mass is 127. The SMILES string of the molecule is CCc1nc(Oc2ccc3c(c2)OCO3)c(C#N)c(-c2ccc(OC)cc2)c1I. The van der Waals surface area contributed by atoms with Crippen LogP contribution in [0.5, 0.6) is 28.9 Å². The average molecular weight is 500 g/mol. The molecule has 0 fully saturated rings. The van der Waals surface area contributed by atoms with Gasteiger partial charge >= 0.3 is 0 Å². The number of rotatable bonds is 5. The van der Waals surface area contributed by atoms with Crippen molar-refractivity contribution in [3.63, 3.8) is 0 Å². The predicted molar refractivity (Wildman–Crippen MR) is 116 cm³/mol. The zero-order valence-electron chi connectivity index (χ0n) is 15.9. The van der Waals surface area contributed by atoms with Crippen molar-refractivity contribution < 1.29 is 18.9 Å². The van der Waals surface area contributed by atoms with E-state index < -0.39 is 0 Å². The summed E-state index contributed by atoms with van der Waals surface area (Å²) in [5.41, 5.74) is 2.96. The molecule has 1 aliphatic rings. The molecule has 146 valence electrons. The smallest absolute Gasteiger partial charge is 0.238 e. The first-order valence-electron chi connectivity index (χ1n) is 8.99. The van der Waals surface area contributed by atoms with Crippen LogP contribution in [0, 0.1) is 14.9 Å². The molecule has 2 aromatic carbocycles. The molecule has 0 radical (unpaired) electrons. The molecule has 1 aromatic heterocycles. The van der Waals surface area contributed by atoms with Crippen LogP contribution in [0.4, 0.5) is 0 Å². The Hall–Kier alpha value is -2.99. The maximum Gasteiger partial charge on any atom is 0.238 e. The molecule has 4 rings (SSSR count). The van der Waals surface area contributed by atoms with Crippen LogP contribution in [0.25, 0.3) is 11.1 Å². The van der Waals surface area contributed by atoms with E-state index in [1.165, 1.54) is 0 Å². The molecule has 7 heteroatoms. The molecule has 0 bridgehead atoms. The Balaban J connectivity index is 1.82. The van der Waals surface area contributed by atoms with Crippen LogP contribution in [0.15, 0.2) is 42.5 Å². The molecule has 0 amide bonds. The molecule has 0 saturated heterocycles. The summed E-state index contributed by atoms with van der Waals surface area (Å²) >= 11 is 2.25. The lowest BCUT2D eigenvalue weighted by Crippen LogP contribution is -2.03. The highest BCUT2D eigenvalue weighted by Gasteiger charge is 2.22. The quantitative estimate of drug-likeness (QED) is 0.442. The minimum absolute atomic E-state index is 0.186. The van der Waals surface area contributed by atoms with Crippen LogP contribution in [0.1, 0.15) is 18.2 Å². The van der Waals surface area contributed by atoms with Gasteiger partial charge in [-0.1, -0.05) is 19.1 Å². The number of pyridine rings is 1. The Morgan fingerprint density at radius 3 is 2.52 bits per heavy atom. The molecule has 0 spiro atoms. The third-order valence-corrected chi connectivity index (χ3v) is 5.72. The fraction of sp³-hybridized carbons (Fsp3) is 0.182. The molecule has 3 aromatic rings. The number of ether oxygens (including phenoxy) is 4. The lowest BCUT2D eigenvalue weighted by Gasteiger charge is -2.15. The van der Waals surface area contributed by atoms with Gasteiger partial charge in [0.1, 0.15) is 23.1 Å². The molecular weight excluding hydrogens is 483 g/mol. The largest absolute Gasteiger partial charge is 0.497 e. The van der Waals surface area contributed by atoms with Crippen LogP contribution >= 0.6 is 22.6 Å². The third-order valence-electron chi connectivity index (χ3n) is 4.56. The Morgan fingerprint density at radius 2 is 1.83 bits per heavy atom. The molecular formula is C22H17IN2O4. The lowest BCUT2D eigenvalue weighted by molar-refractivity contribution is 0.174. The van der Waals surface area contributed by atoms with E-state index in [4.69, 9.17) is 18.9 Å². The van der Waals surface area contributed by atoms with Crippen molar-refractivity contribution >= 4 is 22.6 Å². The number of aromatic nitrogens is 1. The van der Waals surface area contributed by atoms with E-state index in [2.05, 4.69) is 33.6 Å². The number of halogens is 1. The first-order valence-corrected chi connectivity index (χ1v) is 10.1. The normalized spacial score (nSPS) is 11.8. The summed E-state index contributed by atoms with van der Waals surface area (Å²) in [6, 6.07) is 15.2. The highest BCUT2D eigenvalue weighted by Crippen LogP contribution is 2.40. The summed E-state index contributed by atoms with van der Waals surface area (Å²) in [4.78, 5) is 4.62. The molecule has 0 atom stereocenters. The number of methoxy groups -OCH3 is 1. The second-order valence-corrected chi connectivity index (χ2v) is 7.32. The van der Waals surface area contributed by atoms with E-state index in [-0.39, 0.29) is 12.7 Å². The Kier molecular flexibility index (Phi) is 5.45. The van der Waals surface area contributed by atoms with E-state index in [0.717, 1.165) is 26.1 Å². The fourth-order valence-electron chi connectivity index (χ4n) is 3.08. The summed E-state index contributed by atoms with van der Waals surface area (Å²) in [5.74, 6) is 2.83. The van der Waals surface area contributed by atoms with Crippen LogP contribution in [0.3, 0.4) is 0 Å². The summed E-state index contributed by atoms with van der Waals surface area (Å²) < 4.78 is 23.0. The maximum absolute atomic E-state index is 9.94. The zero-order valence-corrected chi connectivity index (χ0v) is 18.0. The average Bonchev–Trinajstić information content (AvgIpc) is 3.22. The van der Waals surface area contributed by atoms with E-state index in [9.17, 15) is 5.26 Å². The van der Waals surface area contributed by atoms with E-state index in [1.807, 2.05) is 31.2 Å². The maximum atomic E-state index is 9.94. The summed E-state index contributed by atoms with van der Waals surface area (Å²) in [7, 11) is 1.62. The van der Waals surface area contributed by atoms with E-state index >= 15 is 0 Å². The van der Waals surface area contributed by atoms with Gasteiger partial charge in [0.2, 0.25) is 12.7 Å². The fourth-order valence-corrected chi connectivity index (χ4v) is 4.16. The van der Waals surface area contributed by atoms with Crippen molar-refractivity contribution in [3.8, 4) is 46.1 Å². The number of hydrogen-bond acceptors (Lipinski definition) is 6. The third kappa shape index (κ3) is 3.68. The topological polar surface area (TPSA) is 73.6 Å². The van der Waals surface area contributed by atoms with Crippen LogP contribution in [-0.2, 0) is 6.42 Å². The van der Waals surface area contributed by atoms with Crippen molar-refractivity contribution in [1.82, 2.24) is 4.98 Å². The Morgan fingerprint density at radius 1 is 1.10 bits per heavy atom. The molecule has 1 aliphatic heterocycles. The first-order chi connectivity index (χ1) is 14.1. The zero-order chi connectivity index (χ0) is 20.4. The number of fused-ring (bicyclic) bond motifs is 1. The first kappa shape index (κ1) is 19.3. The van der Waals surface area contributed by atoms with Gasteiger partial charge in [-0.3, -0.25) is 0 Å². The van der Waals surface area contributed by atoms with Gasteiger partial charge in [0, 0.05) is 15.2 Å².